The molecule has 25 heavy (non-hydrogen) atoms. The van der Waals surface area contributed by atoms with Crippen LogP contribution in [0.25, 0.3) is 11.3 Å². The standard InChI is InChI=1S/C15H11ClF3N5S/c16-11-3-1-10(2-4-11)13-8-25-14(21-13)22-20-7-12-5-6-24(23-12)9-15(17,18)19/h1-8H,9H2,(H,21,22)/b20-7-. The van der Waals surface area contributed by atoms with Crippen LogP contribution in [0.15, 0.2) is 47.0 Å². The zero-order chi connectivity index (χ0) is 17.9. The molecule has 0 atom stereocenters. The van der Waals surface area contributed by atoms with Gasteiger partial charge in [-0.25, -0.2) is 4.98 Å². The van der Waals surface area contributed by atoms with Crippen molar-refractivity contribution < 1.29 is 13.2 Å². The molecular formula is C15H11ClF3N5S. The number of rotatable bonds is 5. The molecule has 0 amide bonds. The van der Waals surface area contributed by atoms with Crippen molar-refractivity contribution in [2.24, 2.45) is 5.10 Å². The first kappa shape index (κ1) is 17.4. The monoisotopic (exact) mass is 385 g/mol. The molecule has 0 aliphatic rings. The number of hydrogen-bond donors (Lipinski definition) is 1. The molecule has 5 nitrogen and oxygen atoms in total. The molecule has 2 heterocycles. The molecule has 2 aromatic heterocycles. The number of aromatic nitrogens is 3. The lowest BCUT2D eigenvalue weighted by molar-refractivity contribution is -0.142. The molecular weight excluding hydrogens is 375 g/mol. The Labute approximate surface area is 149 Å². The minimum atomic E-state index is -4.31. The summed E-state index contributed by atoms with van der Waals surface area (Å²) in [7, 11) is 0. The minimum absolute atomic E-state index is 0.311. The first-order valence-corrected chi connectivity index (χ1v) is 8.25. The van der Waals surface area contributed by atoms with Gasteiger partial charge in [-0.15, -0.1) is 11.3 Å². The normalized spacial score (nSPS) is 12.0. The molecule has 0 unspecified atom stereocenters. The van der Waals surface area contributed by atoms with Gasteiger partial charge in [0.2, 0.25) is 5.13 Å². The van der Waals surface area contributed by atoms with E-state index in [9.17, 15) is 13.2 Å². The second-order valence-corrected chi connectivity index (χ2v) is 6.26. The number of anilines is 1. The summed E-state index contributed by atoms with van der Waals surface area (Å²) in [5.74, 6) is 0. The molecule has 0 aliphatic heterocycles. The maximum absolute atomic E-state index is 12.3. The molecule has 1 N–H and O–H groups in total. The molecule has 0 saturated heterocycles. The Morgan fingerprint density at radius 2 is 2.00 bits per heavy atom. The molecule has 0 radical (unpaired) electrons. The van der Waals surface area contributed by atoms with Gasteiger partial charge >= 0.3 is 6.18 Å². The van der Waals surface area contributed by atoms with Crippen molar-refractivity contribution in [3.63, 3.8) is 0 Å². The largest absolute Gasteiger partial charge is 0.408 e. The second kappa shape index (κ2) is 7.24. The van der Waals surface area contributed by atoms with Crippen LogP contribution in [0.5, 0.6) is 0 Å². The van der Waals surface area contributed by atoms with Gasteiger partial charge in [-0.2, -0.15) is 23.4 Å². The zero-order valence-corrected chi connectivity index (χ0v) is 14.1. The maximum Gasteiger partial charge on any atom is 0.408 e. The Balaban J connectivity index is 1.60. The summed E-state index contributed by atoms with van der Waals surface area (Å²) in [6, 6.07) is 8.71. The van der Waals surface area contributed by atoms with Gasteiger partial charge in [0.05, 0.1) is 11.9 Å². The van der Waals surface area contributed by atoms with Crippen molar-refractivity contribution in [2.45, 2.75) is 12.7 Å². The molecule has 3 aromatic rings. The van der Waals surface area contributed by atoms with Crippen LogP contribution in [0, 0.1) is 0 Å². The Morgan fingerprint density at radius 3 is 2.72 bits per heavy atom. The van der Waals surface area contributed by atoms with E-state index in [0.29, 0.717) is 15.8 Å². The Morgan fingerprint density at radius 1 is 1.24 bits per heavy atom. The Kier molecular flexibility index (Phi) is 5.05. The van der Waals surface area contributed by atoms with E-state index < -0.39 is 12.7 Å². The quantitative estimate of drug-likeness (QED) is 0.513. The number of nitrogens with one attached hydrogen (secondary N) is 1. The predicted molar refractivity (Wildman–Crippen MR) is 92.1 cm³/mol. The Bertz CT molecular complexity index is 870. The van der Waals surface area contributed by atoms with E-state index in [4.69, 9.17) is 11.6 Å². The van der Waals surface area contributed by atoms with Gasteiger partial charge in [-0.1, -0.05) is 23.7 Å². The van der Waals surface area contributed by atoms with E-state index >= 15 is 0 Å². The number of hydrogen-bond acceptors (Lipinski definition) is 5. The van der Waals surface area contributed by atoms with Crippen LogP contribution in [-0.2, 0) is 6.54 Å². The summed E-state index contributed by atoms with van der Waals surface area (Å²) >= 11 is 7.20. The summed E-state index contributed by atoms with van der Waals surface area (Å²) in [5, 5.41) is 10.8. The van der Waals surface area contributed by atoms with Crippen LogP contribution in [0.1, 0.15) is 5.69 Å². The van der Waals surface area contributed by atoms with Crippen molar-refractivity contribution >= 4 is 34.3 Å². The van der Waals surface area contributed by atoms with E-state index in [1.807, 2.05) is 17.5 Å². The topological polar surface area (TPSA) is 55.1 Å². The third kappa shape index (κ3) is 5.04. The smallest absolute Gasteiger partial charge is 0.263 e. The van der Waals surface area contributed by atoms with Crippen LogP contribution in [0.4, 0.5) is 18.3 Å². The molecule has 1 aromatic carbocycles. The number of benzene rings is 1. The molecule has 10 heteroatoms. The molecule has 0 bridgehead atoms. The molecule has 0 aliphatic carbocycles. The van der Waals surface area contributed by atoms with Gasteiger partial charge in [0.15, 0.2) is 0 Å². The average molecular weight is 386 g/mol. The zero-order valence-electron chi connectivity index (χ0n) is 12.5. The number of alkyl halides is 3. The van der Waals surface area contributed by atoms with Gasteiger partial charge in [0.1, 0.15) is 12.2 Å². The number of hydrazone groups is 1. The summed E-state index contributed by atoms with van der Waals surface area (Å²) in [6.45, 7) is -1.13. The number of thiazole rings is 1. The summed E-state index contributed by atoms with van der Waals surface area (Å²) in [5.41, 5.74) is 4.73. The van der Waals surface area contributed by atoms with E-state index in [1.54, 1.807) is 12.1 Å². The third-order valence-corrected chi connectivity index (χ3v) is 4.00. The van der Waals surface area contributed by atoms with Crippen LogP contribution in [0.3, 0.4) is 0 Å². The Hall–Kier alpha value is -2.39. The minimum Gasteiger partial charge on any atom is -0.263 e. The first-order valence-electron chi connectivity index (χ1n) is 7.00. The average Bonchev–Trinajstić information content (AvgIpc) is 3.16. The fraction of sp³-hybridized carbons (Fsp3) is 0.133. The summed E-state index contributed by atoms with van der Waals surface area (Å²) in [4.78, 5) is 4.37. The van der Waals surface area contributed by atoms with Crippen molar-refractivity contribution in [1.29, 1.82) is 0 Å². The van der Waals surface area contributed by atoms with Crippen molar-refractivity contribution in [3.8, 4) is 11.3 Å². The summed E-state index contributed by atoms with van der Waals surface area (Å²) < 4.78 is 37.6. The highest BCUT2D eigenvalue weighted by Gasteiger charge is 2.28. The highest BCUT2D eigenvalue weighted by Crippen LogP contribution is 2.25. The first-order chi connectivity index (χ1) is 11.9. The molecule has 0 spiro atoms. The maximum atomic E-state index is 12.3. The molecule has 3 rings (SSSR count). The number of nitrogens with zero attached hydrogens (tertiary/aromatic N) is 4. The molecule has 0 saturated carbocycles. The highest BCUT2D eigenvalue weighted by atomic mass is 35.5. The molecule has 0 fully saturated rings. The number of halogens is 4. The van der Waals surface area contributed by atoms with E-state index in [0.717, 1.165) is 15.9 Å². The summed E-state index contributed by atoms with van der Waals surface area (Å²) in [6.07, 6.45) is -1.73. The lowest BCUT2D eigenvalue weighted by Crippen LogP contribution is -2.18. The van der Waals surface area contributed by atoms with Crippen LogP contribution < -0.4 is 5.43 Å². The van der Waals surface area contributed by atoms with Gasteiger partial charge in [0, 0.05) is 22.2 Å². The van der Waals surface area contributed by atoms with E-state index in [-0.39, 0.29) is 0 Å². The lowest BCUT2D eigenvalue weighted by Gasteiger charge is -2.04. The lowest BCUT2D eigenvalue weighted by atomic mass is 10.2. The van der Waals surface area contributed by atoms with Gasteiger partial charge in [-0.05, 0) is 18.2 Å². The van der Waals surface area contributed by atoms with Crippen molar-refractivity contribution in [3.05, 3.63) is 52.6 Å². The second-order valence-electron chi connectivity index (χ2n) is 4.97. The van der Waals surface area contributed by atoms with E-state index in [2.05, 4.69) is 20.6 Å². The fourth-order valence-electron chi connectivity index (χ4n) is 1.95. The van der Waals surface area contributed by atoms with Crippen molar-refractivity contribution in [2.75, 3.05) is 5.43 Å². The van der Waals surface area contributed by atoms with Gasteiger partial charge in [0.25, 0.3) is 0 Å². The predicted octanol–water partition coefficient (Wildman–Crippen LogP) is 4.67. The molecule has 130 valence electrons. The van der Waals surface area contributed by atoms with Gasteiger partial charge in [-0.3, -0.25) is 10.1 Å². The van der Waals surface area contributed by atoms with Crippen LogP contribution in [0.2, 0.25) is 5.02 Å². The van der Waals surface area contributed by atoms with E-state index in [1.165, 1.54) is 29.8 Å². The SMILES string of the molecule is FC(F)(F)Cn1ccc(/C=N\Nc2nc(-c3ccc(Cl)cc3)cs2)n1. The van der Waals surface area contributed by atoms with Gasteiger partial charge < -0.3 is 0 Å². The highest BCUT2D eigenvalue weighted by molar-refractivity contribution is 7.14. The van der Waals surface area contributed by atoms with Crippen molar-refractivity contribution in [1.82, 2.24) is 14.8 Å². The third-order valence-electron chi connectivity index (χ3n) is 3.00. The fourth-order valence-corrected chi connectivity index (χ4v) is 2.74. The van der Waals surface area contributed by atoms with Crippen LogP contribution >= 0.6 is 22.9 Å². The van der Waals surface area contributed by atoms with Crippen LogP contribution in [-0.4, -0.2) is 27.2 Å².